The number of rotatable bonds is 1. The Morgan fingerprint density at radius 2 is 2.33 bits per heavy atom. The lowest BCUT2D eigenvalue weighted by Crippen LogP contribution is -2.31. The van der Waals surface area contributed by atoms with Crippen molar-refractivity contribution < 1.29 is 4.79 Å². The Morgan fingerprint density at radius 1 is 1.53 bits per heavy atom. The Bertz CT molecular complexity index is 423. The third-order valence-electron chi connectivity index (χ3n) is 2.42. The molecule has 1 aliphatic rings. The highest BCUT2D eigenvalue weighted by Gasteiger charge is 2.16. The Hall–Kier alpha value is -1.64. The second-order valence-electron chi connectivity index (χ2n) is 3.96. The summed E-state index contributed by atoms with van der Waals surface area (Å²) in [7, 11) is 0. The van der Waals surface area contributed by atoms with Crippen molar-refractivity contribution in [2.75, 3.05) is 0 Å². The molecule has 1 N–H and O–H groups in total. The number of pyridine rings is 1. The molecule has 0 aromatic carbocycles. The van der Waals surface area contributed by atoms with E-state index in [1.807, 2.05) is 26.0 Å². The monoisotopic (exact) mass is 202 g/mol. The second kappa shape index (κ2) is 3.85. The van der Waals surface area contributed by atoms with Gasteiger partial charge in [0.2, 0.25) is 0 Å². The summed E-state index contributed by atoms with van der Waals surface area (Å²) in [6.07, 6.45) is 4.01. The number of nitrogens with one attached hydrogen (secondary N) is 1. The molecule has 0 spiro atoms. The van der Waals surface area contributed by atoms with Crippen LogP contribution in [0.15, 0.2) is 24.4 Å². The SMILES string of the molecule is Cc1cc(C2=CC(=O)CC(C)N2)ccn1. The van der Waals surface area contributed by atoms with Crippen LogP contribution in [-0.2, 0) is 4.79 Å². The third-order valence-corrected chi connectivity index (χ3v) is 2.42. The molecule has 0 saturated heterocycles. The molecule has 3 nitrogen and oxygen atoms in total. The van der Waals surface area contributed by atoms with Gasteiger partial charge in [-0.2, -0.15) is 0 Å². The van der Waals surface area contributed by atoms with Crippen LogP contribution in [0.2, 0.25) is 0 Å². The molecule has 2 heterocycles. The average Bonchev–Trinajstić information content (AvgIpc) is 2.16. The first kappa shape index (κ1) is 9.90. The first-order chi connectivity index (χ1) is 7.15. The van der Waals surface area contributed by atoms with Gasteiger partial charge in [-0.05, 0) is 26.0 Å². The van der Waals surface area contributed by atoms with E-state index in [1.165, 1.54) is 0 Å². The van der Waals surface area contributed by atoms with Crippen molar-refractivity contribution in [3.63, 3.8) is 0 Å². The van der Waals surface area contributed by atoms with Gasteiger partial charge in [0, 0.05) is 41.7 Å². The van der Waals surface area contributed by atoms with Crippen LogP contribution in [0.1, 0.15) is 24.6 Å². The van der Waals surface area contributed by atoms with Gasteiger partial charge in [-0.3, -0.25) is 9.78 Å². The normalized spacial score (nSPS) is 20.8. The van der Waals surface area contributed by atoms with Gasteiger partial charge in [0.15, 0.2) is 5.78 Å². The van der Waals surface area contributed by atoms with E-state index in [1.54, 1.807) is 12.3 Å². The molecule has 0 aliphatic carbocycles. The van der Waals surface area contributed by atoms with E-state index in [0.717, 1.165) is 17.0 Å². The van der Waals surface area contributed by atoms with Crippen LogP contribution in [0, 0.1) is 6.92 Å². The fourth-order valence-electron chi connectivity index (χ4n) is 1.76. The van der Waals surface area contributed by atoms with Crippen LogP contribution >= 0.6 is 0 Å². The smallest absolute Gasteiger partial charge is 0.159 e. The van der Waals surface area contributed by atoms with E-state index in [0.29, 0.717) is 6.42 Å². The standard InChI is InChI=1S/C12H14N2O/c1-8-5-10(3-4-13-8)12-7-11(15)6-9(2)14-12/h3-5,7,9,14H,6H2,1-2H3. The predicted molar refractivity (Wildman–Crippen MR) is 59.2 cm³/mol. The number of hydrogen-bond acceptors (Lipinski definition) is 3. The molecule has 2 rings (SSSR count). The van der Waals surface area contributed by atoms with Gasteiger partial charge in [-0.25, -0.2) is 0 Å². The Balaban J connectivity index is 2.34. The minimum Gasteiger partial charge on any atom is -0.382 e. The summed E-state index contributed by atoms with van der Waals surface area (Å²) in [4.78, 5) is 15.5. The quantitative estimate of drug-likeness (QED) is 0.753. The largest absolute Gasteiger partial charge is 0.382 e. The lowest BCUT2D eigenvalue weighted by Gasteiger charge is -2.21. The predicted octanol–water partition coefficient (Wildman–Crippen LogP) is 1.68. The molecular weight excluding hydrogens is 188 g/mol. The van der Waals surface area contributed by atoms with E-state index >= 15 is 0 Å². The van der Waals surface area contributed by atoms with Crippen LogP contribution in [0.25, 0.3) is 5.70 Å². The Morgan fingerprint density at radius 3 is 3.00 bits per heavy atom. The van der Waals surface area contributed by atoms with Crippen molar-refractivity contribution in [2.45, 2.75) is 26.3 Å². The molecule has 1 unspecified atom stereocenters. The molecule has 1 atom stereocenters. The van der Waals surface area contributed by atoms with Gasteiger partial charge >= 0.3 is 0 Å². The maximum Gasteiger partial charge on any atom is 0.159 e. The Labute approximate surface area is 89.2 Å². The number of carbonyl (C=O) groups is 1. The molecule has 15 heavy (non-hydrogen) atoms. The highest BCUT2D eigenvalue weighted by Crippen LogP contribution is 2.17. The molecule has 1 aromatic heterocycles. The van der Waals surface area contributed by atoms with Crippen molar-refractivity contribution in [1.82, 2.24) is 10.3 Å². The van der Waals surface area contributed by atoms with E-state index in [-0.39, 0.29) is 11.8 Å². The van der Waals surface area contributed by atoms with Crippen LogP contribution in [0.3, 0.4) is 0 Å². The average molecular weight is 202 g/mol. The van der Waals surface area contributed by atoms with Crippen LogP contribution in [-0.4, -0.2) is 16.8 Å². The van der Waals surface area contributed by atoms with Gasteiger partial charge in [-0.1, -0.05) is 0 Å². The molecule has 78 valence electrons. The van der Waals surface area contributed by atoms with Crippen molar-refractivity contribution in [3.05, 3.63) is 35.7 Å². The number of ketones is 1. The molecule has 1 aromatic rings. The first-order valence-corrected chi connectivity index (χ1v) is 5.09. The summed E-state index contributed by atoms with van der Waals surface area (Å²) in [5, 5.41) is 3.30. The Kier molecular flexibility index (Phi) is 2.54. The summed E-state index contributed by atoms with van der Waals surface area (Å²) in [6.45, 7) is 3.96. The third kappa shape index (κ3) is 2.24. The highest BCUT2D eigenvalue weighted by molar-refractivity contribution is 5.98. The van der Waals surface area contributed by atoms with Crippen molar-refractivity contribution in [3.8, 4) is 0 Å². The lowest BCUT2D eigenvalue weighted by atomic mass is 10.0. The lowest BCUT2D eigenvalue weighted by molar-refractivity contribution is -0.115. The van der Waals surface area contributed by atoms with Gasteiger partial charge < -0.3 is 5.32 Å². The van der Waals surface area contributed by atoms with Crippen molar-refractivity contribution >= 4 is 11.5 Å². The molecule has 0 amide bonds. The van der Waals surface area contributed by atoms with E-state index in [4.69, 9.17) is 0 Å². The minimum atomic E-state index is 0.186. The number of aromatic nitrogens is 1. The van der Waals surface area contributed by atoms with Gasteiger partial charge in [0.25, 0.3) is 0 Å². The molecule has 0 radical (unpaired) electrons. The van der Waals surface area contributed by atoms with Crippen LogP contribution in [0.5, 0.6) is 0 Å². The van der Waals surface area contributed by atoms with Crippen molar-refractivity contribution in [1.29, 1.82) is 0 Å². The second-order valence-corrected chi connectivity index (χ2v) is 3.96. The summed E-state index contributed by atoms with van der Waals surface area (Å²) >= 11 is 0. The summed E-state index contributed by atoms with van der Waals surface area (Å²) < 4.78 is 0. The number of hydrogen-bond donors (Lipinski definition) is 1. The van der Waals surface area contributed by atoms with Crippen molar-refractivity contribution in [2.24, 2.45) is 0 Å². The molecular formula is C12H14N2O. The van der Waals surface area contributed by atoms with Gasteiger partial charge in [0.1, 0.15) is 0 Å². The summed E-state index contributed by atoms with van der Waals surface area (Å²) in [6, 6.07) is 4.10. The molecule has 0 saturated carbocycles. The van der Waals surface area contributed by atoms with Gasteiger partial charge in [0.05, 0.1) is 0 Å². The first-order valence-electron chi connectivity index (χ1n) is 5.09. The molecule has 0 fully saturated rings. The number of carbonyl (C=O) groups excluding carboxylic acids is 1. The molecule has 1 aliphatic heterocycles. The van der Waals surface area contributed by atoms with E-state index in [2.05, 4.69) is 10.3 Å². The van der Waals surface area contributed by atoms with E-state index in [9.17, 15) is 4.79 Å². The van der Waals surface area contributed by atoms with Crippen LogP contribution < -0.4 is 5.32 Å². The fourth-order valence-corrected chi connectivity index (χ4v) is 1.76. The maximum absolute atomic E-state index is 11.4. The maximum atomic E-state index is 11.4. The molecule has 3 heteroatoms. The summed E-state index contributed by atoms with van der Waals surface area (Å²) in [5.41, 5.74) is 2.90. The van der Waals surface area contributed by atoms with Crippen LogP contribution in [0.4, 0.5) is 0 Å². The topological polar surface area (TPSA) is 42.0 Å². The number of allylic oxidation sites excluding steroid dienone is 1. The summed E-state index contributed by atoms with van der Waals surface area (Å²) in [5.74, 6) is 0.186. The zero-order valence-electron chi connectivity index (χ0n) is 8.95. The fraction of sp³-hybridized carbons (Fsp3) is 0.333. The molecule has 0 bridgehead atoms. The highest BCUT2D eigenvalue weighted by atomic mass is 16.1. The number of nitrogens with zero attached hydrogens (tertiary/aromatic N) is 1. The van der Waals surface area contributed by atoms with E-state index < -0.39 is 0 Å². The van der Waals surface area contributed by atoms with Gasteiger partial charge in [-0.15, -0.1) is 0 Å². The zero-order chi connectivity index (χ0) is 10.8. The zero-order valence-corrected chi connectivity index (χ0v) is 8.95. The number of aryl methyl sites for hydroxylation is 1. The minimum absolute atomic E-state index is 0.186.